The average molecular weight is 198 g/mol. The second kappa shape index (κ2) is 4.13. The molecule has 1 N–H and O–H groups in total. The highest BCUT2D eigenvalue weighted by Crippen LogP contribution is 2.22. The molecule has 0 aliphatic carbocycles. The van der Waals surface area contributed by atoms with Gasteiger partial charge in [-0.1, -0.05) is 24.3 Å². The maximum absolute atomic E-state index is 4.38. The molecule has 0 radical (unpaired) electrons. The topological polar surface area (TPSA) is 24.9 Å². The standard InChI is InChI=1S/C13H14N2/c1-10-5-3-4-6-12(10)13-9-11(14-2)7-8-15-13/h3-9H,1-2H3,(H,14,15). The smallest absolute Gasteiger partial charge is 0.0725 e. The van der Waals surface area contributed by atoms with Gasteiger partial charge in [0.1, 0.15) is 0 Å². The molecule has 1 aromatic heterocycles. The lowest BCUT2D eigenvalue weighted by molar-refractivity contribution is 1.30. The summed E-state index contributed by atoms with van der Waals surface area (Å²) in [4.78, 5) is 4.38. The molecule has 0 aliphatic rings. The number of hydrogen-bond donors (Lipinski definition) is 1. The summed E-state index contributed by atoms with van der Waals surface area (Å²) in [6, 6.07) is 12.3. The first-order chi connectivity index (χ1) is 7.31. The van der Waals surface area contributed by atoms with E-state index in [1.807, 2.05) is 31.4 Å². The largest absolute Gasteiger partial charge is 0.388 e. The van der Waals surface area contributed by atoms with Crippen LogP contribution in [0.5, 0.6) is 0 Å². The van der Waals surface area contributed by atoms with Gasteiger partial charge in [0.05, 0.1) is 5.69 Å². The normalized spacial score (nSPS) is 10.0. The highest BCUT2D eigenvalue weighted by Gasteiger charge is 2.02. The Morgan fingerprint density at radius 1 is 1.13 bits per heavy atom. The van der Waals surface area contributed by atoms with Gasteiger partial charge >= 0.3 is 0 Å². The van der Waals surface area contributed by atoms with Crippen molar-refractivity contribution in [2.75, 3.05) is 12.4 Å². The molecule has 2 nitrogen and oxygen atoms in total. The summed E-state index contributed by atoms with van der Waals surface area (Å²) in [5.74, 6) is 0. The summed E-state index contributed by atoms with van der Waals surface area (Å²) in [5.41, 5.74) is 4.54. The Kier molecular flexibility index (Phi) is 2.68. The van der Waals surface area contributed by atoms with Crippen molar-refractivity contribution in [2.24, 2.45) is 0 Å². The van der Waals surface area contributed by atoms with Crippen LogP contribution in [0.3, 0.4) is 0 Å². The van der Waals surface area contributed by atoms with Crippen molar-refractivity contribution in [3.63, 3.8) is 0 Å². The number of anilines is 1. The van der Waals surface area contributed by atoms with E-state index in [-0.39, 0.29) is 0 Å². The van der Waals surface area contributed by atoms with Crippen molar-refractivity contribution in [1.29, 1.82) is 0 Å². The molecule has 0 bridgehead atoms. The second-order valence-corrected chi connectivity index (χ2v) is 3.49. The van der Waals surface area contributed by atoms with E-state index in [4.69, 9.17) is 0 Å². The monoisotopic (exact) mass is 198 g/mol. The maximum atomic E-state index is 4.38. The van der Waals surface area contributed by atoms with E-state index in [0.717, 1.165) is 11.4 Å². The molecule has 15 heavy (non-hydrogen) atoms. The minimum absolute atomic E-state index is 1.01. The van der Waals surface area contributed by atoms with Gasteiger partial charge in [-0.15, -0.1) is 0 Å². The maximum Gasteiger partial charge on any atom is 0.0725 e. The van der Waals surface area contributed by atoms with Crippen LogP contribution >= 0.6 is 0 Å². The van der Waals surface area contributed by atoms with E-state index in [2.05, 4.69) is 35.4 Å². The molecule has 0 aliphatic heterocycles. The number of benzene rings is 1. The molecule has 2 aromatic rings. The van der Waals surface area contributed by atoms with Gasteiger partial charge in [-0.25, -0.2) is 0 Å². The van der Waals surface area contributed by atoms with Gasteiger partial charge in [0.2, 0.25) is 0 Å². The van der Waals surface area contributed by atoms with Crippen molar-refractivity contribution in [2.45, 2.75) is 6.92 Å². The molecule has 0 saturated carbocycles. The van der Waals surface area contributed by atoms with Crippen LogP contribution in [0.15, 0.2) is 42.6 Å². The fraction of sp³-hybridized carbons (Fsp3) is 0.154. The van der Waals surface area contributed by atoms with Gasteiger partial charge in [0, 0.05) is 24.5 Å². The minimum atomic E-state index is 1.01. The van der Waals surface area contributed by atoms with E-state index >= 15 is 0 Å². The molecule has 2 heteroatoms. The number of nitrogens with zero attached hydrogens (tertiary/aromatic N) is 1. The lowest BCUT2D eigenvalue weighted by atomic mass is 10.1. The van der Waals surface area contributed by atoms with E-state index in [9.17, 15) is 0 Å². The van der Waals surface area contributed by atoms with Crippen molar-refractivity contribution < 1.29 is 0 Å². The molecule has 76 valence electrons. The number of aryl methyl sites for hydroxylation is 1. The Morgan fingerprint density at radius 2 is 1.93 bits per heavy atom. The Bertz CT molecular complexity index is 464. The molecular formula is C13H14N2. The Hall–Kier alpha value is -1.83. The number of pyridine rings is 1. The number of aromatic nitrogens is 1. The zero-order chi connectivity index (χ0) is 10.7. The first kappa shape index (κ1) is 9.71. The van der Waals surface area contributed by atoms with Crippen molar-refractivity contribution in [3.8, 4) is 11.3 Å². The van der Waals surface area contributed by atoms with Gasteiger partial charge < -0.3 is 5.32 Å². The van der Waals surface area contributed by atoms with Crippen LogP contribution in [0, 0.1) is 6.92 Å². The number of hydrogen-bond acceptors (Lipinski definition) is 2. The second-order valence-electron chi connectivity index (χ2n) is 3.49. The van der Waals surface area contributed by atoms with Crippen LogP contribution < -0.4 is 5.32 Å². The van der Waals surface area contributed by atoms with Crippen LogP contribution in [-0.4, -0.2) is 12.0 Å². The van der Waals surface area contributed by atoms with E-state index in [1.54, 1.807) is 0 Å². The number of nitrogens with one attached hydrogen (secondary N) is 1. The minimum Gasteiger partial charge on any atom is -0.388 e. The summed E-state index contributed by atoms with van der Waals surface area (Å²) in [6.07, 6.45) is 1.83. The Morgan fingerprint density at radius 3 is 2.67 bits per heavy atom. The molecule has 0 amide bonds. The molecule has 0 atom stereocenters. The molecule has 0 spiro atoms. The lowest BCUT2D eigenvalue weighted by Crippen LogP contribution is -1.91. The van der Waals surface area contributed by atoms with Gasteiger partial charge in [-0.3, -0.25) is 4.98 Å². The third-order valence-electron chi connectivity index (χ3n) is 2.47. The van der Waals surface area contributed by atoms with Crippen molar-refractivity contribution in [3.05, 3.63) is 48.2 Å². The molecular weight excluding hydrogens is 184 g/mol. The van der Waals surface area contributed by atoms with Gasteiger partial charge in [0.15, 0.2) is 0 Å². The van der Waals surface area contributed by atoms with Gasteiger partial charge in [-0.2, -0.15) is 0 Å². The summed E-state index contributed by atoms with van der Waals surface area (Å²) in [6.45, 7) is 2.10. The zero-order valence-corrected chi connectivity index (χ0v) is 8.99. The summed E-state index contributed by atoms with van der Waals surface area (Å²) in [7, 11) is 1.91. The zero-order valence-electron chi connectivity index (χ0n) is 8.99. The van der Waals surface area contributed by atoms with Crippen LogP contribution in [0.1, 0.15) is 5.56 Å². The Balaban J connectivity index is 2.49. The van der Waals surface area contributed by atoms with Crippen LogP contribution in [-0.2, 0) is 0 Å². The molecule has 0 saturated heterocycles. The first-order valence-corrected chi connectivity index (χ1v) is 5.01. The fourth-order valence-corrected chi connectivity index (χ4v) is 1.59. The molecule has 2 rings (SSSR count). The quantitative estimate of drug-likeness (QED) is 0.802. The number of rotatable bonds is 2. The van der Waals surface area contributed by atoms with Gasteiger partial charge in [-0.05, 0) is 24.6 Å². The molecule has 0 fully saturated rings. The molecule has 0 unspecified atom stereocenters. The van der Waals surface area contributed by atoms with Crippen molar-refractivity contribution >= 4 is 5.69 Å². The lowest BCUT2D eigenvalue weighted by Gasteiger charge is -2.06. The van der Waals surface area contributed by atoms with E-state index in [0.29, 0.717) is 0 Å². The average Bonchev–Trinajstić information content (AvgIpc) is 2.30. The summed E-state index contributed by atoms with van der Waals surface area (Å²) < 4.78 is 0. The third-order valence-corrected chi connectivity index (χ3v) is 2.47. The summed E-state index contributed by atoms with van der Waals surface area (Å²) in [5, 5.41) is 3.12. The predicted molar refractivity (Wildman–Crippen MR) is 64.0 cm³/mol. The fourth-order valence-electron chi connectivity index (χ4n) is 1.59. The first-order valence-electron chi connectivity index (χ1n) is 5.01. The summed E-state index contributed by atoms with van der Waals surface area (Å²) >= 11 is 0. The third kappa shape index (κ3) is 1.99. The van der Waals surface area contributed by atoms with E-state index < -0.39 is 0 Å². The molecule has 1 aromatic carbocycles. The van der Waals surface area contributed by atoms with E-state index in [1.165, 1.54) is 11.1 Å². The van der Waals surface area contributed by atoms with Crippen LogP contribution in [0.25, 0.3) is 11.3 Å². The van der Waals surface area contributed by atoms with Gasteiger partial charge in [0.25, 0.3) is 0 Å². The highest BCUT2D eigenvalue weighted by molar-refractivity contribution is 5.66. The Labute approximate surface area is 90.0 Å². The van der Waals surface area contributed by atoms with Crippen molar-refractivity contribution in [1.82, 2.24) is 4.98 Å². The molecule has 1 heterocycles. The SMILES string of the molecule is CNc1ccnc(-c2ccccc2C)c1. The predicted octanol–water partition coefficient (Wildman–Crippen LogP) is 3.10. The highest BCUT2D eigenvalue weighted by atomic mass is 14.8. The van der Waals surface area contributed by atoms with Crippen LogP contribution in [0.2, 0.25) is 0 Å². The van der Waals surface area contributed by atoms with Crippen LogP contribution in [0.4, 0.5) is 5.69 Å².